The van der Waals surface area contributed by atoms with Gasteiger partial charge in [-0.05, 0) is 33.6 Å². The van der Waals surface area contributed by atoms with Crippen LogP contribution >= 0.6 is 0 Å². The summed E-state index contributed by atoms with van der Waals surface area (Å²) in [5.74, 6) is -0.556. The van der Waals surface area contributed by atoms with Crippen molar-refractivity contribution in [2.45, 2.75) is 38.5 Å². The number of carbonyl (C=O) groups excluding carboxylic acids is 1. The second-order valence-electron chi connectivity index (χ2n) is 4.87. The van der Waals surface area contributed by atoms with Crippen LogP contribution in [0, 0.1) is 13.8 Å². The molecule has 0 unspecified atom stereocenters. The van der Waals surface area contributed by atoms with Crippen LogP contribution in [0.25, 0.3) is 0 Å². The first kappa shape index (κ1) is 16.0. The molecule has 1 aromatic heterocycles. The number of nitrogens with one attached hydrogen (secondary N) is 1. The van der Waals surface area contributed by atoms with Crippen LogP contribution in [-0.4, -0.2) is 43.6 Å². The van der Waals surface area contributed by atoms with E-state index >= 15 is 0 Å². The van der Waals surface area contributed by atoms with E-state index in [1.807, 2.05) is 0 Å². The summed E-state index contributed by atoms with van der Waals surface area (Å²) in [7, 11) is -3.78. The van der Waals surface area contributed by atoms with Crippen molar-refractivity contribution in [3.8, 4) is 0 Å². The van der Waals surface area contributed by atoms with Crippen molar-refractivity contribution in [2.24, 2.45) is 0 Å². The number of ether oxygens (including phenoxy) is 1. The minimum absolute atomic E-state index is 0.0902. The lowest BCUT2D eigenvalue weighted by molar-refractivity contribution is -0.108. The molecule has 0 aromatic carbocycles. The molecule has 0 saturated carbocycles. The van der Waals surface area contributed by atoms with Crippen molar-refractivity contribution >= 4 is 16.0 Å². The topological polar surface area (TPSA) is 88.7 Å². The summed E-state index contributed by atoms with van der Waals surface area (Å²) in [5, 5.41) is 0. The van der Waals surface area contributed by atoms with E-state index in [1.54, 1.807) is 20.8 Å². The van der Waals surface area contributed by atoms with Gasteiger partial charge in [-0.25, -0.2) is 13.2 Å². The minimum Gasteiger partial charge on any atom is -0.461 e. The number of hydrogen-bond donors (Lipinski definition) is 1. The highest BCUT2D eigenvalue weighted by atomic mass is 32.2. The predicted molar refractivity (Wildman–Crippen MR) is 75.3 cm³/mol. The monoisotopic (exact) mass is 316 g/mol. The van der Waals surface area contributed by atoms with Crippen molar-refractivity contribution in [3.05, 3.63) is 17.0 Å². The number of hydrogen-bond acceptors (Lipinski definition) is 5. The largest absolute Gasteiger partial charge is 0.461 e. The summed E-state index contributed by atoms with van der Waals surface area (Å²) in [6.07, 6.45) is 1.59. The van der Waals surface area contributed by atoms with Crippen LogP contribution in [0.3, 0.4) is 0 Å². The Balaban J connectivity index is 2.41. The molecule has 1 aliphatic rings. The van der Waals surface area contributed by atoms with Crippen LogP contribution in [0.2, 0.25) is 0 Å². The summed E-state index contributed by atoms with van der Waals surface area (Å²) in [5.41, 5.74) is 0.940. The van der Waals surface area contributed by atoms with Crippen LogP contribution < -0.4 is 0 Å². The Kier molecular flexibility index (Phi) is 4.70. The number of carbonyl (C=O) groups is 1. The summed E-state index contributed by atoms with van der Waals surface area (Å²) in [4.78, 5) is 20.0. The van der Waals surface area contributed by atoms with E-state index in [0.717, 1.165) is 17.3 Å². The fraction of sp³-hybridized carbons (Fsp3) is 0.615. The second-order valence-corrected chi connectivity index (χ2v) is 6.64. The van der Waals surface area contributed by atoms with Gasteiger partial charge in [-0.3, -0.25) is 4.84 Å². The normalized spacial score (nSPS) is 16.9. The molecule has 0 spiro atoms. The maximum absolute atomic E-state index is 12.7. The summed E-state index contributed by atoms with van der Waals surface area (Å²) in [6.45, 7) is 5.84. The van der Waals surface area contributed by atoms with Gasteiger partial charge in [0, 0.05) is 17.8 Å². The maximum atomic E-state index is 12.7. The van der Waals surface area contributed by atoms with Gasteiger partial charge in [-0.1, -0.05) is 4.47 Å². The number of H-pyrrole nitrogens is 1. The number of hydroxylamine groups is 1. The third-order valence-electron chi connectivity index (χ3n) is 3.34. The first-order chi connectivity index (χ1) is 9.89. The molecule has 0 aliphatic carbocycles. The van der Waals surface area contributed by atoms with Gasteiger partial charge in [0.05, 0.1) is 13.2 Å². The Hall–Kier alpha value is -1.38. The van der Waals surface area contributed by atoms with Crippen molar-refractivity contribution in [1.29, 1.82) is 0 Å². The first-order valence-corrected chi connectivity index (χ1v) is 8.35. The molecule has 0 bridgehead atoms. The number of nitrogens with zero attached hydrogens (tertiary/aromatic N) is 1. The average Bonchev–Trinajstić information content (AvgIpc) is 2.76. The molecule has 8 heteroatoms. The van der Waals surface area contributed by atoms with Crippen LogP contribution in [-0.2, 0) is 19.6 Å². The molecular formula is C13H20N2O5S. The van der Waals surface area contributed by atoms with Crippen molar-refractivity contribution in [1.82, 2.24) is 9.45 Å². The molecule has 0 radical (unpaired) electrons. The lowest BCUT2D eigenvalue weighted by atomic mass is 10.2. The Morgan fingerprint density at radius 2 is 2.10 bits per heavy atom. The molecule has 21 heavy (non-hydrogen) atoms. The fourth-order valence-corrected chi connectivity index (χ4v) is 4.11. The highest BCUT2D eigenvalue weighted by molar-refractivity contribution is 7.89. The van der Waals surface area contributed by atoms with E-state index in [2.05, 4.69) is 4.98 Å². The van der Waals surface area contributed by atoms with E-state index in [4.69, 9.17) is 9.57 Å². The van der Waals surface area contributed by atoms with E-state index in [0.29, 0.717) is 24.4 Å². The zero-order valence-electron chi connectivity index (χ0n) is 12.4. The SMILES string of the molecule is CCOC(=O)c1[nH]c(C)c(S(=O)(=O)N2CCCCO2)c1C. The second kappa shape index (κ2) is 6.17. The molecule has 1 N–H and O–H groups in total. The number of esters is 1. The lowest BCUT2D eigenvalue weighted by Gasteiger charge is -2.25. The molecule has 118 valence electrons. The molecule has 1 fully saturated rings. The molecule has 7 nitrogen and oxygen atoms in total. The van der Waals surface area contributed by atoms with E-state index in [9.17, 15) is 13.2 Å². The van der Waals surface area contributed by atoms with Gasteiger partial charge in [0.25, 0.3) is 10.0 Å². The summed E-state index contributed by atoms with van der Waals surface area (Å²) >= 11 is 0. The van der Waals surface area contributed by atoms with Crippen molar-refractivity contribution in [3.63, 3.8) is 0 Å². The van der Waals surface area contributed by atoms with E-state index < -0.39 is 16.0 Å². The van der Waals surface area contributed by atoms with Gasteiger partial charge in [-0.2, -0.15) is 0 Å². The van der Waals surface area contributed by atoms with E-state index in [-0.39, 0.29) is 17.2 Å². The molecule has 1 aromatic rings. The number of aryl methyl sites for hydroxylation is 1. The number of aromatic amines is 1. The lowest BCUT2D eigenvalue weighted by Crippen LogP contribution is -2.36. The van der Waals surface area contributed by atoms with Crippen LogP contribution in [0.15, 0.2) is 4.90 Å². The minimum atomic E-state index is -3.78. The molecule has 0 atom stereocenters. The molecule has 1 saturated heterocycles. The van der Waals surface area contributed by atoms with Gasteiger partial charge in [-0.15, -0.1) is 0 Å². The van der Waals surface area contributed by atoms with Gasteiger partial charge in [0.15, 0.2) is 0 Å². The Morgan fingerprint density at radius 3 is 2.67 bits per heavy atom. The Bertz CT molecular complexity index is 629. The van der Waals surface area contributed by atoms with Crippen LogP contribution in [0.5, 0.6) is 0 Å². The number of aromatic nitrogens is 1. The quantitative estimate of drug-likeness (QED) is 0.851. The highest BCUT2D eigenvalue weighted by Gasteiger charge is 2.33. The zero-order chi connectivity index (χ0) is 15.6. The zero-order valence-corrected chi connectivity index (χ0v) is 13.2. The Labute approximate surface area is 124 Å². The van der Waals surface area contributed by atoms with Gasteiger partial charge < -0.3 is 9.72 Å². The molecule has 1 aliphatic heterocycles. The molecule has 2 heterocycles. The Morgan fingerprint density at radius 1 is 1.38 bits per heavy atom. The predicted octanol–water partition coefficient (Wildman–Crippen LogP) is 1.52. The molecule has 2 rings (SSSR count). The third-order valence-corrected chi connectivity index (χ3v) is 5.30. The van der Waals surface area contributed by atoms with Crippen LogP contribution in [0.1, 0.15) is 41.5 Å². The van der Waals surface area contributed by atoms with E-state index in [1.165, 1.54) is 0 Å². The van der Waals surface area contributed by atoms with Gasteiger partial charge >= 0.3 is 5.97 Å². The van der Waals surface area contributed by atoms with Gasteiger partial charge in [0.2, 0.25) is 0 Å². The smallest absolute Gasteiger partial charge is 0.355 e. The fourth-order valence-electron chi connectivity index (χ4n) is 2.39. The standard InChI is InChI=1S/C13H20N2O5S/c1-4-19-13(16)11-9(2)12(10(3)14-11)21(17,18)15-7-5-6-8-20-15/h14H,4-8H2,1-3H3. The summed E-state index contributed by atoms with van der Waals surface area (Å²) in [6, 6.07) is 0. The van der Waals surface area contributed by atoms with Gasteiger partial charge in [0.1, 0.15) is 10.6 Å². The molecular weight excluding hydrogens is 296 g/mol. The van der Waals surface area contributed by atoms with Crippen LogP contribution in [0.4, 0.5) is 0 Å². The van der Waals surface area contributed by atoms with Crippen molar-refractivity contribution < 1.29 is 22.8 Å². The third kappa shape index (κ3) is 2.97. The maximum Gasteiger partial charge on any atom is 0.355 e. The molecule has 0 amide bonds. The number of rotatable bonds is 4. The average molecular weight is 316 g/mol. The summed E-state index contributed by atoms with van der Waals surface area (Å²) < 4.78 is 31.2. The highest BCUT2D eigenvalue weighted by Crippen LogP contribution is 2.28. The number of sulfonamides is 1. The van der Waals surface area contributed by atoms with Crippen molar-refractivity contribution in [2.75, 3.05) is 19.8 Å². The first-order valence-electron chi connectivity index (χ1n) is 6.91.